The third kappa shape index (κ3) is 2.89. The highest BCUT2D eigenvalue weighted by molar-refractivity contribution is 6.30. The molecule has 2 aromatic carbocycles. The Balaban J connectivity index is 1.69. The molecule has 0 spiro atoms. The number of aromatic nitrogens is 1. The van der Waals surface area contributed by atoms with Gasteiger partial charge in [0, 0.05) is 22.0 Å². The van der Waals surface area contributed by atoms with Gasteiger partial charge in [0.25, 0.3) is 5.91 Å². The van der Waals surface area contributed by atoms with E-state index >= 15 is 0 Å². The first-order valence-corrected chi connectivity index (χ1v) is 7.85. The number of azo groups is 1. The topological polar surface area (TPSA) is 96.3 Å². The maximum atomic E-state index is 12.1. The summed E-state index contributed by atoms with van der Waals surface area (Å²) in [5.41, 5.74) is 1.12. The van der Waals surface area contributed by atoms with Gasteiger partial charge in [0.05, 0.1) is 5.52 Å². The Morgan fingerprint density at radius 2 is 1.80 bits per heavy atom. The Morgan fingerprint density at radius 3 is 2.52 bits per heavy atom. The summed E-state index contributed by atoms with van der Waals surface area (Å²) < 4.78 is 11.0. The molecular weight excluding hydrogens is 346 g/mol. The molecule has 8 heteroatoms. The third-order valence-electron chi connectivity index (χ3n) is 3.75. The van der Waals surface area contributed by atoms with E-state index in [9.17, 15) is 9.90 Å². The largest absolute Gasteiger partial charge is 0.493 e. The average molecular weight is 358 g/mol. The zero-order valence-electron chi connectivity index (χ0n) is 12.8. The van der Waals surface area contributed by atoms with Gasteiger partial charge in [-0.3, -0.25) is 4.79 Å². The van der Waals surface area contributed by atoms with Crippen LogP contribution in [0.5, 0.6) is 17.4 Å². The van der Waals surface area contributed by atoms with Crippen LogP contribution in [0.1, 0.15) is 10.4 Å². The number of ether oxygens (including phenoxy) is 2. The van der Waals surface area contributed by atoms with Crippen molar-refractivity contribution in [2.75, 3.05) is 13.2 Å². The molecule has 7 nitrogen and oxygen atoms in total. The van der Waals surface area contributed by atoms with Gasteiger partial charge in [-0.25, -0.2) is 0 Å². The van der Waals surface area contributed by atoms with E-state index in [0.717, 1.165) is 0 Å². The molecule has 1 aliphatic heterocycles. The summed E-state index contributed by atoms with van der Waals surface area (Å²) in [6.07, 6.45) is 0. The minimum absolute atomic E-state index is 0.161. The van der Waals surface area contributed by atoms with Gasteiger partial charge >= 0.3 is 0 Å². The number of aromatic hydroxyl groups is 1. The van der Waals surface area contributed by atoms with Crippen molar-refractivity contribution in [2.45, 2.75) is 0 Å². The first-order valence-electron chi connectivity index (χ1n) is 7.48. The smallest absolute Gasteiger partial charge is 0.295 e. The molecule has 0 saturated heterocycles. The zero-order valence-corrected chi connectivity index (χ0v) is 13.6. The van der Waals surface area contributed by atoms with E-state index in [1.807, 2.05) is 0 Å². The van der Waals surface area contributed by atoms with Crippen molar-refractivity contribution < 1.29 is 19.4 Å². The molecule has 25 heavy (non-hydrogen) atoms. The highest BCUT2D eigenvalue weighted by Gasteiger charge is 2.18. The molecule has 0 atom stereocenters. The Bertz CT molecular complexity index is 995. The number of benzene rings is 2. The SMILES string of the molecule is O=C(N=Nc1c(O)[nH]c2cc3c(cc12)OCCO3)c1ccc(Cl)cc1. The van der Waals surface area contributed by atoms with E-state index in [-0.39, 0.29) is 11.6 Å². The second-order valence-electron chi connectivity index (χ2n) is 5.38. The van der Waals surface area contributed by atoms with Crippen LogP contribution in [0, 0.1) is 0 Å². The lowest BCUT2D eigenvalue weighted by Crippen LogP contribution is -2.15. The highest BCUT2D eigenvalue weighted by atomic mass is 35.5. The summed E-state index contributed by atoms with van der Waals surface area (Å²) in [6, 6.07) is 9.71. The van der Waals surface area contributed by atoms with Crippen molar-refractivity contribution >= 4 is 34.1 Å². The van der Waals surface area contributed by atoms with Crippen LogP contribution >= 0.6 is 11.6 Å². The summed E-state index contributed by atoms with van der Waals surface area (Å²) in [5.74, 6) is 0.409. The van der Waals surface area contributed by atoms with Crippen LogP contribution in [0.15, 0.2) is 46.6 Å². The second kappa shape index (κ2) is 6.10. The summed E-state index contributed by atoms with van der Waals surface area (Å²) in [7, 11) is 0. The highest BCUT2D eigenvalue weighted by Crippen LogP contribution is 2.42. The Morgan fingerprint density at radius 1 is 1.12 bits per heavy atom. The summed E-state index contributed by atoms with van der Waals surface area (Å²) in [4.78, 5) is 14.9. The number of carbonyl (C=O) groups excluding carboxylic acids is 1. The summed E-state index contributed by atoms with van der Waals surface area (Å²) in [5, 5.41) is 18.8. The molecule has 0 aliphatic carbocycles. The van der Waals surface area contributed by atoms with Crippen molar-refractivity contribution in [3.8, 4) is 17.4 Å². The monoisotopic (exact) mass is 357 g/mol. The first kappa shape index (κ1) is 15.5. The fourth-order valence-corrected chi connectivity index (χ4v) is 2.68. The van der Waals surface area contributed by atoms with Crippen molar-refractivity contribution in [2.24, 2.45) is 10.2 Å². The van der Waals surface area contributed by atoms with Gasteiger partial charge in [-0.15, -0.1) is 10.2 Å². The predicted molar refractivity (Wildman–Crippen MR) is 91.3 cm³/mol. The van der Waals surface area contributed by atoms with E-state index in [0.29, 0.717) is 46.2 Å². The van der Waals surface area contributed by atoms with Crippen LogP contribution in [-0.2, 0) is 0 Å². The lowest BCUT2D eigenvalue weighted by Gasteiger charge is -2.17. The molecular formula is C17H12ClN3O4. The number of nitrogens with one attached hydrogen (secondary N) is 1. The van der Waals surface area contributed by atoms with Gasteiger partial charge in [0.1, 0.15) is 13.2 Å². The molecule has 2 heterocycles. The van der Waals surface area contributed by atoms with Crippen LogP contribution < -0.4 is 9.47 Å². The maximum absolute atomic E-state index is 12.1. The molecule has 1 aromatic heterocycles. The number of H-pyrrole nitrogens is 1. The number of rotatable bonds is 2. The van der Waals surface area contributed by atoms with E-state index in [4.69, 9.17) is 21.1 Å². The van der Waals surface area contributed by atoms with Gasteiger partial charge in [-0.2, -0.15) is 0 Å². The fourth-order valence-electron chi connectivity index (χ4n) is 2.55. The van der Waals surface area contributed by atoms with Gasteiger partial charge in [0.15, 0.2) is 17.2 Å². The molecule has 3 aromatic rings. The quantitative estimate of drug-likeness (QED) is 0.671. The standard InChI is InChI=1S/C17H12ClN3O4/c18-10-3-1-9(2-4-10)16(22)21-20-15-11-7-13-14(25-6-5-24-13)8-12(11)19-17(15)23/h1-4,7-8,19,23H,5-6H2. The molecule has 4 rings (SSSR count). The minimum Gasteiger partial charge on any atom is -0.493 e. The molecule has 0 radical (unpaired) electrons. The van der Waals surface area contributed by atoms with E-state index in [1.54, 1.807) is 36.4 Å². The van der Waals surface area contributed by atoms with Gasteiger partial charge in [-0.1, -0.05) is 11.6 Å². The lowest BCUT2D eigenvalue weighted by atomic mass is 10.2. The number of halogens is 1. The van der Waals surface area contributed by atoms with Crippen molar-refractivity contribution in [1.29, 1.82) is 0 Å². The van der Waals surface area contributed by atoms with Crippen molar-refractivity contribution in [3.63, 3.8) is 0 Å². The lowest BCUT2D eigenvalue weighted by molar-refractivity contribution is 0.0995. The predicted octanol–water partition coefficient (Wildman–Crippen LogP) is 4.22. The molecule has 0 bridgehead atoms. The molecule has 126 valence electrons. The van der Waals surface area contributed by atoms with Crippen molar-refractivity contribution in [1.82, 2.24) is 4.98 Å². The number of amides is 1. The van der Waals surface area contributed by atoms with Crippen LogP contribution in [0.25, 0.3) is 10.9 Å². The third-order valence-corrected chi connectivity index (χ3v) is 4.00. The fraction of sp³-hybridized carbons (Fsp3) is 0.118. The van der Waals surface area contributed by atoms with Crippen LogP contribution in [0.3, 0.4) is 0 Å². The Hall–Kier alpha value is -3.06. The number of carbonyl (C=O) groups is 1. The Kier molecular flexibility index (Phi) is 3.77. The maximum Gasteiger partial charge on any atom is 0.295 e. The summed E-state index contributed by atoms with van der Waals surface area (Å²) >= 11 is 5.79. The number of nitrogens with zero attached hydrogens (tertiary/aromatic N) is 2. The second-order valence-corrected chi connectivity index (χ2v) is 5.81. The molecule has 1 aliphatic rings. The molecule has 0 saturated carbocycles. The zero-order chi connectivity index (χ0) is 17.4. The molecule has 2 N–H and O–H groups in total. The van der Waals surface area contributed by atoms with Gasteiger partial charge in [-0.05, 0) is 30.3 Å². The molecule has 0 fully saturated rings. The molecule has 1 amide bonds. The van der Waals surface area contributed by atoms with E-state index in [1.165, 1.54) is 0 Å². The van der Waals surface area contributed by atoms with E-state index in [2.05, 4.69) is 15.2 Å². The Labute approximate surface area is 146 Å². The minimum atomic E-state index is -0.539. The average Bonchev–Trinajstić information content (AvgIpc) is 2.92. The molecule has 0 unspecified atom stereocenters. The first-order chi connectivity index (χ1) is 12.1. The number of hydrogen-bond acceptors (Lipinski definition) is 5. The number of aromatic amines is 1. The number of fused-ring (bicyclic) bond motifs is 2. The van der Waals surface area contributed by atoms with Crippen molar-refractivity contribution in [3.05, 3.63) is 47.0 Å². The summed E-state index contributed by atoms with van der Waals surface area (Å²) in [6.45, 7) is 0.911. The van der Waals surface area contributed by atoms with Crippen LogP contribution in [0.2, 0.25) is 5.02 Å². The van der Waals surface area contributed by atoms with Crippen LogP contribution in [0.4, 0.5) is 5.69 Å². The van der Waals surface area contributed by atoms with Gasteiger partial charge < -0.3 is 19.6 Å². The number of hydrogen-bond donors (Lipinski definition) is 2. The van der Waals surface area contributed by atoms with E-state index < -0.39 is 5.91 Å². The normalized spacial score (nSPS) is 13.5. The van der Waals surface area contributed by atoms with Gasteiger partial charge in [0.2, 0.25) is 5.88 Å². The van der Waals surface area contributed by atoms with Crippen LogP contribution in [-0.4, -0.2) is 29.2 Å².